The van der Waals surface area contributed by atoms with Crippen LogP contribution >= 0.6 is 0 Å². The predicted octanol–water partition coefficient (Wildman–Crippen LogP) is 4.43. The molecule has 0 aromatic rings. The first-order valence-corrected chi connectivity index (χ1v) is 7.22. The zero-order chi connectivity index (χ0) is 13.5. The Morgan fingerprint density at radius 2 is 1.41 bits per heavy atom. The maximum absolute atomic E-state index is 6.92. The van der Waals surface area contributed by atoms with Crippen LogP contribution in [0.1, 0.15) is 67.1 Å². The number of rotatable bonds is 13. The van der Waals surface area contributed by atoms with Crippen LogP contribution in [0.25, 0.3) is 0 Å². The molecule has 0 radical (unpaired) electrons. The largest absolute Gasteiger partial charge is 0.382 e. The van der Waals surface area contributed by atoms with E-state index in [1.54, 1.807) is 0 Å². The van der Waals surface area contributed by atoms with Gasteiger partial charge in [-0.3, -0.25) is 0 Å². The first kappa shape index (κ1) is 15.0. The first-order chi connectivity index (χ1) is 8.77. The van der Waals surface area contributed by atoms with Crippen molar-refractivity contribution in [3.8, 4) is 0 Å². The summed E-state index contributed by atoms with van der Waals surface area (Å²) in [6, 6.07) is 0. The number of hydrogen-bond donors (Lipinski definition) is 0. The van der Waals surface area contributed by atoms with Crippen molar-refractivity contribution in [3.05, 3.63) is 0 Å². The van der Waals surface area contributed by atoms with Gasteiger partial charge < -0.3 is 9.47 Å². The van der Waals surface area contributed by atoms with E-state index in [0.29, 0.717) is 13.5 Å². The molecule has 0 unspecified atom stereocenters. The fraction of sp³-hybridized carbons (Fsp3) is 1.00. The topological polar surface area (TPSA) is 18.5 Å². The summed E-state index contributed by atoms with van der Waals surface area (Å²) >= 11 is 0. The molecule has 0 bridgehead atoms. The van der Waals surface area contributed by atoms with Crippen molar-refractivity contribution in [2.75, 3.05) is 26.4 Å². The fourth-order valence-corrected chi connectivity index (χ4v) is 1.72. The third kappa shape index (κ3) is 15.9. The molecule has 0 saturated carbocycles. The Balaban J connectivity index is 2.90. The molecule has 0 saturated heterocycles. The summed E-state index contributed by atoms with van der Waals surface area (Å²) < 4.78 is 17.8. The lowest BCUT2D eigenvalue weighted by Crippen LogP contribution is -1.99. The summed E-state index contributed by atoms with van der Waals surface area (Å²) in [5.74, 6) is 0.836. The molecule has 2 nitrogen and oxygen atoms in total. The normalized spacial score (nSPS) is 12.1. The second-order valence-electron chi connectivity index (χ2n) is 5.03. The van der Waals surface area contributed by atoms with Crippen molar-refractivity contribution in [1.29, 1.82) is 0 Å². The van der Waals surface area contributed by atoms with Gasteiger partial charge in [-0.1, -0.05) is 33.1 Å². The average molecular weight is 246 g/mol. The van der Waals surface area contributed by atoms with Crippen LogP contribution in [0.2, 0.25) is 0 Å². The molecule has 0 spiro atoms. The zero-order valence-electron chi connectivity index (χ0n) is 12.9. The molecule has 104 valence electrons. The van der Waals surface area contributed by atoms with Gasteiger partial charge in [0.2, 0.25) is 0 Å². The molecule has 0 aliphatic rings. The van der Waals surface area contributed by atoms with Crippen molar-refractivity contribution in [1.82, 2.24) is 0 Å². The Kier molecular flexibility index (Phi) is 12.3. The molecular formula is C15H32O2. The second-order valence-corrected chi connectivity index (χ2v) is 5.03. The summed E-state index contributed by atoms with van der Waals surface area (Å²) in [7, 11) is 0. The predicted molar refractivity (Wildman–Crippen MR) is 74.5 cm³/mol. The Labute approximate surface area is 109 Å². The quantitative estimate of drug-likeness (QED) is 0.448. The van der Waals surface area contributed by atoms with E-state index >= 15 is 0 Å². The number of unbranched alkanes of at least 4 members (excludes halogenated alkanes) is 4. The van der Waals surface area contributed by atoms with E-state index < -0.39 is 0 Å². The van der Waals surface area contributed by atoms with Gasteiger partial charge in [0.1, 0.15) is 0 Å². The molecule has 0 amide bonds. The van der Waals surface area contributed by atoms with Crippen LogP contribution in [-0.2, 0) is 9.47 Å². The summed E-state index contributed by atoms with van der Waals surface area (Å²) in [5.41, 5.74) is 0. The molecule has 0 rings (SSSR count). The van der Waals surface area contributed by atoms with Crippen molar-refractivity contribution >= 4 is 0 Å². The molecule has 0 aromatic carbocycles. The number of hydrogen-bond acceptors (Lipinski definition) is 2. The van der Waals surface area contributed by atoms with Crippen LogP contribution in [0, 0.1) is 5.92 Å². The minimum absolute atomic E-state index is 0.375. The third-order valence-electron chi connectivity index (χ3n) is 2.79. The average Bonchev–Trinajstić information content (AvgIpc) is 2.34. The molecule has 0 aliphatic heterocycles. The summed E-state index contributed by atoms with van der Waals surface area (Å²) in [4.78, 5) is 0. The zero-order valence-corrected chi connectivity index (χ0v) is 11.9. The molecule has 0 atom stereocenters. The van der Waals surface area contributed by atoms with Gasteiger partial charge in [-0.2, -0.15) is 0 Å². The molecule has 0 fully saturated rings. The van der Waals surface area contributed by atoms with Crippen LogP contribution in [0.4, 0.5) is 0 Å². The first-order valence-electron chi connectivity index (χ1n) is 7.92. The van der Waals surface area contributed by atoms with Gasteiger partial charge in [0.05, 0.1) is 0 Å². The highest BCUT2D eigenvalue weighted by Gasteiger charge is 1.95. The Hall–Kier alpha value is -0.0800. The van der Waals surface area contributed by atoms with E-state index in [4.69, 9.17) is 10.8 Å². The van der Waals surface area contributed by atoms with Crippen LogP contribution in [0.5, 0.6) is 0 Å². The Morgan fingerprint density at radius 3 is 2.00 bits per heavy atom. The van der Waals surface area contributed by atoms with Crippen molar-refractivity contribution < 1.29 is 10.8 Å². The highest BCUT2D eigenvalue weighted by atomic mass is 16.5. The lowest BCUT2D eigenvalue weighted by Gasteiger charge is -2.06. The lowest BCUT2D eigenvalue weighted by atomic mass is 10.1. The molecule has 17 heavy (non-hydrogen) atoms. The second kappa shape index (κ2) is 14.0. The van der Waals surface area contributed by atoms with Gasteiger partial charge >= 0.3 is 0 Å². The fourth-order valence-electron chi connectivity index (χ4n) is 1.72. The van der Waals surface area contributed by atoms with Crippen LogP contribution in [0.3, 0.4) is 0 Å². The van der Waals surface area contributed by atoms with Crippen LogP contribution in [-0.4, -0.2) is 26.4 Å². The maximum Gasteiger partial charge on any atom is 0.0466 e. The van der Waals surface area contributed by atoms with Gasteiger partial charge in [0.15, 0.2) is 0 Å². The van der Waals surface area contributed by atoms with E-state index in [0.717, 1.165) is 38.6 Å². The van der Waals surface area contributed by atoms with Gasteiger partial charge in [-0.15, -0.1) is 0 Å². The van der Waals surface area contributed by atoms with Crippen LogP contribution in [0.15, 0.2) is 0 Å². The summed E-state index contributed by atoms with van der Waals surface area (Å²) in [6.07, 6.45) is 8.60. The molecule has 0 aromatic heterocycles. The SMILES string of the molecule is [3H]CCOCCCCCOCCCCCC(C)C. The van der Waals surface area contributed by atoms with Crippen molar-refractivity contribution in [2.24, 2.45) is 5.92 Å². The standard InChI is InChI=1S/C15H32O2/c1-4-16-12-9-6-10-14-17-13-8-5-7-11-15(2)3/h15H,4-14H2,1-3H3/i1T. The number of ether oxygens (including phenoxy) is 2. The van der Waals surface area contributed by atoms with Crippen LogP contribution < -0.4 is 0 Å². The van der Waals surface area contributed by atoms with E-state index in [2.05, 4.69) is 13.8 Å². The Morgan fingerprint density at radius 1 is 0.824 bits per heavy atom. The molecular weight excluding hydrogens is 212 g/mol. The minimum atomic E-state index is 0.375. The van der Waals surface area contributed by atoms with E-state index in [1.807, 2.05) is 0 Å². The van der Waals surface area contributed by atoms with E-state index in [-0.39, 0.29) is 0 Å². The third-order valence-corrected chi connectivity index (χ3v) is 2.79. The highest BCUT2D eigenvalue weighted by molar-refractivity contribution is 4.47. The van der Waals surface area contributed by atoms with Gasteiger partial charge in [-0.05, 0) is 38.5 Å². The molecule has 0 aliphatic carbocycles. The molecule has 2 heteroatoms. The maximum atomic E-state index is 6.92. The monoisotopic (exact) mass is 246 g/mol. The van der Waals surface area contributed by atoms with Gasteiger partial charge in [0.25, 0.3) is 0 Å². The minimum Gasteiger partial charge on any atom is -0.382 e. The summed E-state index contributed by atoms with van der Waals surface area (Å²) in [5, 5.41) is 0. The highest BCUT2D eigenvalue weighted by Crippen LogP contribution is 2.08. The van der Waals surface area contributed by atoms with E-state index in [1.165, 1.54) is 32.1 Å². The molecule has 0 heterocycles. The smallest absolute Gasteiger partial charge is 0.0466 e. The Bertz CT molecular complexity index is 151. The van der Waals surface area contributed by atoms with Gasteiger partial charge in [-0.25, -0.2) is 0 Å². The van der Waals surface area contributed by atoms with Crippen molar-refractivity contribution in [2.45, 2.75) is 65.7 Å². The molecule has 0 N–H and O–H groups in total. The van der Waals surface area contributed by atoms with Crippen molar-refractivity contribution in [3.63, 3.8) is 0 Å². The van der Waals surface area contributed by atoms with E-state index in [9.17, 15) is 0 Å². The summed E-state index contributed by atoms with van der Waals surface area (Å²) in [6.45, 7) is 8.13. The lowest BCUT2D eigenvalue weighted by molar-refractivity contribution is 0.116. The van der Waals surface area contributed by atoms with Gasteiger partial charge in [0, 0.05) is 27.8 Å².